The Morgan fingerprint density at radius 2 is 2.28 bits per heavy atom. The number of carbonyl (C=O) groups excluding carboxylic acids is 2. The Morgan fingerprint density at radius 3 is 3.06 bits per heavy atom. The Kier molecular flexibility index (Phi) is 4.22. The van der Waals surface area contributed by atoms with E-state index in [1.807, 2.05) is 13.1 Å². The standard InChI is InChI=1S/C12H15N3O2S/c1-13-4-5-14-12(17)8-2-3-10-9(6-8)15-11(16)7-18-10/h2-3,6,13H,4-5,7H2,1H3,(H,14,17)(H,15,16). The molecule has 1 aromatic rings. The fourth-order valence-electron chi connectivity index (χ4n) is 1.63. The van der Waals surface area contributed by atoms with Gasteiger partial charge in [0.15, 0.2) is 0 Å². The van der Waals surface area contributed by atoms with Gasteiger partial charge in [-0.25, -0.2) is 0 Å². The number of amides is 2. The first-order valence-electron chi connectivity index (χ1n) is 5.70. The molecule has 0 spiro atoms. The molecule has 0 aromatic heterocycles. The second-order valence-corrected chi connectivity index (χ2v) is 4.92. The number of hydrogen-bond donors (Lipinski definition) is 3. The van der Waals surface area contributed by atoms with Gasteiger partial charge in [-0.2, -0.15) is 0 Å². The minimum atomic E-state index is -0.127. The zero-order valence-corrected chi connectivity index (χ0v) is 10.9. The summed E-state index contributed by atoms with van der Waals surface area (Å²) in [6, 6.07) is 5.36. The Labute approximate surface area is 110 Å². The molecule has 0 bridgehead atoms. The van der Waals surface area contributed by atoms with E-state index >= 15 is 0 Å². The van der Waals surface area contributed by atoms with Crippen molar-refractivity contribution in [2.45, 2.75) is 4.90 Å². The summed E-state index contributed by atoms with van der Waals surface area (Å²) in [5.74, 6) is 0.277. The van der Waals surface area contributed by atoms with Crippen molar-refractivity contribution in [1.82, 2.24) is 10.6 Å². The lowest BCUT2D eigenvalue weighted by Crippen LogP contribution is -2.30. The molecule has 0 atom stereocenters. The summed E-state index contributed by atoms with van der Waals surface area (Å²) >= 11 is 1.48. The predicted octanol–water partition coefficient (Wildman–Crippen LogP) is 0.680. The average Bonchev–Trinajstić information content (AvgIpc) is 2.38. The highest BCUT2D eigenvalue weighted by atomic mass is 32.2. The first-order chi connectivity index (χ1) is 8.70. The van der Waals surface area contributed by atoms with Gasteiger partial charge in [-0.15, -0.1) is 11.8 Å². The molecule has 5 nitrogen and oxygen atoms in total. The van der Waals surface area contributed by atoms with Crippen molar-refractivity contribution in [1.29, 1.82) is 0 Å². The molecule has 3 N–H and O–H groups in total. The molecule has 0 saturated heterocycles. The first-order valence-corrected chi connectivity index (χ1v) is 6.69. The van der Waals surface area contributed by atoms with Crippen LogP contribution in [-0.4, -0.2) is 37.7 Å². The molecule has 0 saturated carbocycles. The number of carbonyl (C=O) groups is 2. The van der Waals surface area contributed by atoms with E-state index in [4.69, 9.17) is 0 Å². The van der Waals surface area contributed by atoms with Gasteiger partial charge in [0.1, 0.15) is 0 Å². The number of fused-ring (bicyclic) bond motifs is 1. The second kappa shape index (κ2) is 5.88. The lowest BCUT2D eigenvalue weighted by molar-refractivity contribution is -0.113. The number of benzene rings is 1. The zero-order valence-electron chi connectivity index (χ0n) is 10.1. The molecule has 6 heteroatoms. The van der Waals surface area contributed by atoms with Gasteiger partial charge in [-0.1, -0.05) is 0 Å². The van der Waals surface area contributed by atoms with Gasteiger partial charge >= 0.3 is 0 Å². The lowest BCUT2D eigenvalue weighted by Gasteiger charge is -2.16. The Balaban J connectivity index is 2.08. The molecule has 96 valence electrons. The largest absolute Gasteiger partial charge is 0.351 e. The van der Waals surface area contributed by atoms with Crippen molar-refractivity contribution >= 4 is 29.3 Å². The van der Waals surface area contributed by atoms with Gasteiger partial charge in [0.05, 0.1) is 11.4 Å². The summed E-state index contributed by atoms with van der Waals surface area (Å²) in [5.41, 5.74) is 1.28. The molecule has 0 unspecified atom stereocenters. The molecular weight excluding hydrogens is 250 g/mol. The highest BCUT2D eigenvalue weighted by molar-refractivity contribution is 8.00. The van der Waals surface area contributed by atoms with Gasteiger partial charge < -0.3 is 16.0 Å². The fraction of sp³-hybridized carbons (Fsp3) is 0.333. The molecule has 1 aromatic carbocycles. The van der Waals surface area contributed by atoms with Crippen LogP contribution in [0.1, 0.15) is 10.4 Å². The molecule has 2 rings (SSSR count). The maximum absolute atomic E-state index is 11.8. The van der Waals surface area contributed by atoms with Crippen LogP contribution in [0.5, 0.6) is 0 Å². The van der Waals surface area contributed by atoms with Crippen molar-refractivity contribution in [3.63, 3.8) is 0 Å². The Bertz CT molecular complexity index is 476. The number of thioether (sulfide) groups is 1. The van der Waals surface area contributed by atoms with Crippen LogP contribution in [0.4, 0.5) is 5.69 Å². The van der Waals surface area contributed by atoms with Gasteiger partial charge in [0.2, 0.25) is 5.91 Å². The number of likely N-dealkylation sites (N-methyl/N-ethyl adjacent to an activating group) is 1. The number of anilines is 1. The third-order valence-electron chi connectivity index (χ3n) is 2.54. The molecule has 18 heavy (non-hydrogen) atoms. The minimum absolute atomic E-state index is 0.0276. The lowest BCUT2D eigenvalue weighted by atomic mass is 10.2. The van der Waals surface area contributed by atoms with Crippen LogP contribution in [0.3, 0.4) is 0 Å². The topological polar surface area (TPSA) is 70.2 Å². The molecule has 0 aliphatic carbocycles. The molecule has 0 radical (unpaired) electrons. The monoisotopic (exact) mass is 265 g/mol. The van der Waals surface area contributed by atoms with E-state index in [2.05, 4.69) is 16.0 Å². The van der Waals surface area contributed by atoms with E-state index in [0.717, 1.165) is 17.1 Å². The fourth-order valence-corrected chi connectivity index (χ4v) is 2.42. The summed E-state index contributed by atoms with van der Waals surface area (Å²) in [7, 11) is 1.83. The van der Waals surface area contributed by atoms with Crippen LogP contribution in [0, 0.1) is 0 Å². The first kappa shape index (κ1) is 12.9. The van der Waals surface area contributed by atoms with E-state index in [0.29, 0.717) is 17.9 Å². The van der Waals surface area contributed by atoms with Crippen molar-refractivity contribution in [3.05, 3.63) is 23.8 Å². The highest BCUT2D eigenvalue weighted by Gasteiger charge is 2.16. The van der Waals surface area contributed by atoms with E-state index in [9.17, 15) is 9.59 Å². The van der Waals surface area contributed by atoms with Crippen LogP contribution >= 0.6 is 11.8 Å². The summed E-state index contributed by atoms with van der Waals surface area (Å²) in [5, 5.41) is 8.52. The van der Waals surface area contributed by atoms with Crippen LogP contribution < -0.4 is 16.0 Å². The normalized spacial score (nSPS) is 13.7. The smallest absolute Gasteiger partial charge is 0.251 e. The summed E-state index contributed by atoms with van der Waals surface area (Å²) in [6.07, 6.45) is 0. The quantitative estimate of drug-likeness (QED) is 0.700. The van der Waals surface area contributed by atoms with Gasteiger partial charge in [0.25, 0.3) is 5.91 Å². The van der Waals surface area contributed by atoms with Crippen LogP contribution in [0.25, 0.3) is 0 Å². The zero-order chi connectivity index (χ0) is 13.0. The summed E-state index contributed by atoms with van der Waals surface area (Å²) in [6.45, 7) is 1.30. The summed E-state index contributed by atoms with van der Waals surface area (Å²) in [4.78, 5) is 24.1. The van der Waals surface area contributed by atoms with Gasteiger partial charge in [0, 0.05) is 23.5 Å². The SMILES string of the molecule is CNCCNC(=O)c1ccc2c(c1)NC(=O)CS2. The third kappa shape index (κ3) is 3.02. The highest BCUT2D eigenvalue weighted by Crippen LogP contribution is 2.31. The van der Waals surface area contributed by atoms with E-state index < -0.39 is 0 Å². The maximum atomic E-state index is 11.8. The van der Waals surface area contributed by atoms with Crippen molar-refractivity contribution in [2.75, 3.05) is 31.2 Å². The predicted molar refractivity (Wildman–Crippen MR) is 72.1 cm³/mol. The minimum Gasteiger partial charge on any atom is -0.351 e. The number of rotatable bonds is 4. The average molecular weight is 265 g/mol. The number of hydrogen-bond acceptors (Lipinski definition) is 4. The Hall–Kier alpha value is -1.53. The summed E-state index contributed by atoms with van der Waals surface area (Å²) < 4.78 is 0. The van der Waals surface area contributed by atoms with Gasteiger partial charge in [-0.05, 0) is 25.2 Å². The van der Waals surface area contributed by atoms with Crippen LogP contribution in [0.15, 0.2) is 23.1 Å². The molecule has 1 aliphatic rings. The van der Waals surface area contributed by atoms with Crippen LogP contribution in [0.2, 0.25) is 0 Å². The van der Waals surface area contributed by atoms with E-state index in [1.165, 1.54) is 11.8 Å². The second-order valence-electron chi connectivity index (χ2n) is 3.91. The molecule has 0 fully saturated rings. The van der Waals surface area contributed by atoms with Crippen LogP contribution in [-0.2, 0) is 4.79 Å². The van der Waals surface area contributed by atoms with E-state index in [-0.39, 0.29) is 11.8 Å². The molecule has 2 amide bonds. The molecule has 1 aliphatic heterocycles. The van der Waals surface area contributed by atoms with Crippen molar-refractivity contribution in [3.8, 4) is 0 Å². The molecular formula is C12H15N3O2S. The maximum Gasteiger partial charge on any atom is 0.251 e. The van der Waals surface area contributed by atoms with E-state index in [1.54, 1.807) is 12.1 Å². The Morgan fingerprint density at radius 1 is 1.44 bits per heavy atom. The number of nitrogens with one attached hydrogen (secondary N) is 3. The third-order valence-corrected chi connectivity index (χ3v) is 3.61. The van der Waals surface area contributed by atoms with Gasteiger partial charge in [-0.3, -0.25) is 9.59 Å². The molecule has 1 heterocycles. The van der Waals surface area contributed by atoms with Crippen molar-refractivity contribution < 1.29 is 9.59 Å². The van der Waals surface area contributed by atoms with Crippen molar-refractivity contribution in [2.24, 2.45) is 0 Å².